The summed E-state index contributed by atoms with van der Waals surface area (Å²) in [7, 11) is -1.69. The van der Waals surface area contributed by atoms with E-state index < -0.39 is 26.0 Å². The molecule has 0 amide bonds. The number of hydrogen-bond donors (Lipinski definition) is 0. The summed E-state index contributed by atoms with van der Waals surface area (Å²) in [6, 6.07) is 0. The van der Waals surface area contributed by atoms with Crippen LogP contribution in [-0.2, 0) is 0 Å². The molecule has 0 heterocycles. The standard InChI is InChI=1S/C12H27Ge.3C4H9.Sn/c1-4-7-10-13(11-8-5-2)12-9-6-3;3*1-3-4-2;/h4-12H2,1-3H3;3*1,3-4H2,2H3;. The van der Waals surface area contributed by atoms with Gasteiger partial charge in [-0.05, 0) is 0 Å². The summed E-state index contributed by atoms with van der Waals surface area (Å²) < 4.78 is 5.38. The topological polar surface area (TPSA) is 0 Å². The van der Waals surface area contributed by atoms with Crippen molar-refractivity contribution in [3.63, 3.8) is 0 Å². The minimum atomic E-state index is -2.02. The Morgan fingerprint density at radius 1 is 0.423 bits per heavy atom. The molecule has 0 aromatic heterocycles. The predicted octanol–water partition coefficient (Wildman–Crippen LogP) is 9.76. The second-order valence-corrected chi connectivity index (χ2v) is 59.9. The van der Waals surface area contributed by atoms with Gasteiger partial charge in [-0.2, -0.15) is 0 Å². The van der Waals surface area contributed by atoms with E-state index in [1.165, 1.54) is 38.5 Å². The molecule has 0 nitrogen and oxygen atoms in total. The molecule has 0 fully saturated rings. The Kier molecular flexibility index (Phi) is 18.1. The van der Waals surface area contributed by atoms with Gasteiger partial charge < -0.3 is 0 Å². The van der Waals surface area contributed by atoms with Crippen molar-refractivity contribution in [2.45, 2.75) is 148 Å². The molecule has 0 radical (unpaired) electrons. The van der Waals surface area contributed by atoms with E-state index in [1.54, 1.807) is 67.6 Å². The normalized spacial score (nSPS) is 12.7. The zero-order chi connectivity index (χ0) is 19.7. The Balaban J connectivity index is 5.95. The summed E-state index contributed by atoms with van der Waals surface area (Å²) in [5.41, 5.74) is 0. The van der Waals surface area contributed by atoms with Crippen LogP contribution in [0.15, 0.2) is 0 Å². The summed E-state index contributed by atoms with van der Waals surface area (Å²) in [6.07, 6.45) is 18.2. The van der Waals surface area contributed by atoms with Crippen molar-refractivity contribution < 1.29 is 0 Å². The van der Waals surface area contributed by atoms with Crippen LogP contribution in [0.1, 0.15) is 119 Å². The molecular weight excluding hydrogens is 480 g/mol. The summed E-state index contributed by atoms with van der Waals surface area (Å²) in [6.45, 7) is 14.7. The van der Waals surface area contributed by atoms with Gasteiger partial charge in [-0.25, -0.2) is 0 Å². The van der Waals surface area contributed by atoms with Crippen LogP contribution >= 0.6 is 0 Å². The first-order valence-corrected chi connectivity index (χ1v) is 31.6. The molecular formula is C24H54GeSn. The molecule has 0 aromatic rings. The van der Waals surface area contributed by atoms with Gasteiger partial charge >= 0.3 is 174 Å². The monoisotopic (exact) mass is 536 g/mol. The molecule has 0 saturated carbocycles. The van der Waals surface area contributed by atoms with Gasteiger partial charge in [0.15, 0.2) is 0 Å². The fraction of sp³-hybridized carbons (Fsp3) is 1.00. The van der Waals surface area contributed by atoms with Crippen LogP contribution in [0.3, 0.4) is 0 Å². The second kappa shape index (κ2) is 17.2. The maximum absolute atomic E-state index is 2.45. The van der Waals surface area contributed by atoms with Crippen molar-refractivity contribution in [1.82, 2.24) is 0 Å². The molecule has 2 heteroatoms. The van der Waals surface area contributed by atoms with Gasteiger partial charge in [0.2, 0.25) is 0 Å². The van der Waals surface area contributed by atoms with E-state index in [0.29, 0.717) is 0 Å². The molecule has 0 N–H and O–H groups in total. The quantitative estimate of drug-likeness (QED) is 0.145. The van der Waals surface area contributed by atoms with Crippen LogP contribution in [0.2, 0.25) is 29.1 Å². The van der Waals surface area contributed by atoms with E-state index in [1.807, 2.05) is 0 Å². The van der Waals surface area contributed by atoms with Crippen LogP contribution in [0.25, 0.3) is 0 Å². The van der Waals surface area contributed by atoms with Gasteiger partial charge in [-0.15, -0.1) is 0 Å². The Hall–Kier alpha value is 1.34. The molecule has 0 atom stereocenters. The maximum atomic E-state index is 2.45. The summed E-state index contributed by atoms with van der Waals surface area (Å²) in [5.74, 6) is 0. The first-order valence-electron chi connectivity index (χ1n) is 12.6. The number of unbranched alkanes of at least 4 members (excludes halogenated alkanes) is 6. The van der Waals surface area contributed by atoms with Crippen LogP contribution in [0.5, 0.6) is 0 Å². The van der Waals surface area contributed by atoms with Crippen molar-refractivity contribution in [3.05, 3.63) is 0 Å². The van der Waals surface area contributed by atoms with E-state index in [2.05, 4.69) is 41.5 Å². The van der Waals surface area contributed by atoms with Crippen molar-refractivity contribution in [3.8, 4) is 0 Å². The number of rotatable bonds is 19. The molecule has 0 aliphatic heterocycles. The van der Waals surface area contributed by atoms with Crippen LogP contribution in [-0.4, -0.2) is 26.0 Å². The molecule has 0 rings (SSSR count). The van der Waals surface area contributed by atoms with Crippen molar-refractivity contribution in [2.24, 2.45) is 0 Å². The second-order valence-electron chi connectivity index (χ2n) is 9.18. The van der Waals surface area contributed by atoms with Crippen LogP contribution < -0.4 is 0 Å². The molecule has 0 unspecified atom stereocenters. The van der Waals surface area contributed by atoms with Crippen molar-refractivity contribution in [2.75, 3.05) is 0 Å². The molecule has 0 aromatic carbocycles. The predicted molar refractivity (Wildman–Crippen MR) is 130 cm³/mol. The van der Waals surface area contributed by atoms with E-state index in [-0.39, 0.29) is 0 Å². The van der Waals surface area contributed by atoms with Gasteiger partial charge in [-0.1, -0.05) is 0 Å². The third kappa shape index (κ3) is 9.23. The van der Waals surface area contributed by atoms with Gasteiger partial charge in [0.05, 0.1) is 0 Å². The van der Waals surface area contributed by atoms with Gasteiger partial charge in [0.25, 0.3) is 0 Å². The summed E-state index contributed by atoms with van der Waals surface area (Å²) >= 11 is -2.02. The van der Waals surface area contributed by atoms with Gasteiger partial charge in [-0.3, -0.25) is 0 Å². The SMILES string of the molecule is CCC[CH2][Ge]([CH2]CCC)([CH2]CCC)[Sn]([CH2]CCC)([CH2]CCC)[CH2]CCC. The van der Waals surface area contributed by atoms with E-state index in [4.69, 9.17) is 0 Å². The Bertz CT molecular complexity index is 229. The molecule has 0 aliphatic rings. The summed E-state index contributed by atoms with van der Waals surface area (Å²) in [5, 5.41) is 5.34. The first-order chi connectivity index (χ1) is 12.6. The molecule has 0 aliphatic carbocycles. The Morgan fingerprint density at radius 3 is 0.923 bits per heavy atom. The Labute approximate surface area is 172 Å². The Morgan fingerprint density at radius 2 is 0.692 bits per heavy atom. The molecule has 0 bridgehead atoms. The third-order valence-corrected chi connectivity index (χ3v) is 86.4. The molecule has 0 spiro atoms. The third-order valence-electron chi connectivity index (χ3n) is 7.18. The molecule has 0 saturated heterocycles. The average molecular weight is 534 g/mol. The van der Waals surface area contributed by atoms with Gasteiger partial charge in [0.1, 0.15) is 0 Å². The fourth-order valence-corrected chi connectivity index (χ4v) is 93.6. The zero-order valence-electron chi connectivity index (χ0n) is 19.7. The fourth-order valence-electron chi connectivity index (χ4n) is 5.43. The summed E-state index contributed by atoms with van der Waals surface area (Å²) in [4.78, 5) is 0. The number of hydrogen-bond acceptors (Lipinski definition) is 0. The first kappa shape index (κ1) is 27.3. The van der Waals surface area contributed by atoms with Crippen LogP contribution in [0.4, 0.5) is 0 Å². The average Bonchev–Trinajstić information content (AvgIpc) is 2.67. The van der Waals surface area contributed by atoms with E-state index in [9.17, 15) is 0 Å². The molecule has 26 heavy (non-hydrogen) atoms. The molecule has 158 valence electrons. The van der Waals surface area contributed by atoms with Crippen LogP contribution in [0, 0.1) is 0 Å². The minimum absolute atomic E-state index is 1.45. The van der Waals surface area contributed by atoms with Crippen molar-refractivity contribution >= 4 is 26.0 Å². The van der Waals surface area contributed by atoms with E-state index >= 15 is 0 Å². The van der Waals surface area contributed by atoms with E-state index in [0.717, 1.165) is 0 Å². The zero-order valence-corrected chi connectivity index (χ0v) is 24.7. The van der Waals surface area contributed by atoms with Crippen molar-refractivity contribution in [1.29, 1.82) is 0 Å². The van der Waals surface area contributed by atoms with Gasteiger partial charge in [0, 0.05) is 0 Å².